The van der Waals surface area contributed by atoms with Crippen molar-refractivity contribution in [2.24, 2.45) is 0 Å². The summed E-state index contributed by atoms with van der Waals surface area (Å²) < 4.78 is 0. The fourth-order valence-corrected chi connectivity index (χ4v) is 2.97. The van der Waals surface area contributed by atoms with E-state index in [0.717, 1.165) is 0 Å². The van der Waals surface area contributed by atoms with Crippen LogP contribution in [-0.2, 0) is 0 Å². The third-order valence-electron chi connectivity index (χ3n) is 4.16. The monoisotopic (exact) mass is 390 g/mol. The van der Waals surface area contributed by atoms with E-state index in [2.05, 4.69) is 9.97 Å². The molecule has 28 heavy (non-hydrogen) atoms. The molecular formula is C20H12N2Na2O4+2. The Bertz CT molecular complexity index is 1120. The van der Waals surface area contributed by atoms with Crippen LogP contribution in [0.3, 0.4) is 0 Å². The zero-order chi connectivity index (χ0) is 18.3. The Balaban J connectivity index is 0.00000140. The van der Waals surface area contributed by atoms with E-state index in [1.807, 2.05) is 0 Å². The van der Waals surface area contributed by atoms with Gasteiger partial charge in [0.2, 0.25) is 0 Å². The van der Waals surface area contributed by atoms with Gasteiger partial charge >= 0.3 is 71.1 Å². The van der Waals surface area contributed by atoms with Gasteiger partial charge in [-0.1, -0.05) is 36.4 Å². The summed E-state index contributed by atoms with van der Waals surface area (Å²) in [6.07, 6.45) is 0. The number of carboxylic acid groups (broad SMARTS) is 2. The fraction of sp³-hybridized carbons (Fsp3) is 0. The predicted octanol–water partition coefficient (Wildman–Crippen LogP) is -2.15. The molecule has 0 bridgehead atoms. The Kier molecular flexibility index (Phi) is 7.33. The molecule has 2 aromatic heterocycles. The SMILES string of the molecule is O=C(O)c1cc(-c2cc(C(=O)O)c3ccccc3n2)nc2ccccc12.[Na+].[Na+]. The second kappa shape index (κ2) is 9.13. The first kappa shape index (κ1) is 22.5. The molecule has 0 amide bonds. The van der Waals surface area contributed by atoms with Crippen molar-refractivity contribution in [2.45, 2.75) is 0 Å². The standard InChI is InChI=1S/C20H12N2O4.2Na/c23-19(24)13-9-17(21-15-7-3-1-5-11(13)15)18-10-14(20(25)26)12-6-2-4-8-16(12)22-18;;/h1-10H,(H,23,24)(H,25,26);;/q;2*+1. The first-order valence-electron chi connectivity index (χ1n) is 7.81. The summed E-state index contributed by atoms with van der Waals surface area (Å²) in [4.78, 5) is 32.2. The van der Waals surface area contributed by atoms with Gasteiger partial charge in [0.15, 0.2) is 0 Å². The summed E-state index contributed by atoms with van der Waals surface area (Å²) >= 11 is 0. The number of hydrogen-bond donors (Lipinski definition) is 2. The number of para-hydroxylation sites is 2. The number of fused-ring (bicyclic) bond motifs is 2. The van der Waals surface area contributed by atoms with Crippen LogP contribution in [0.25, 0.3) is 33.2 Å². The van der Waals surface area contributed by atoms with Crippen LogP contribution in [0.15, 0.2) is 60.7 Å². The molecule has 2 heterocycles. The van der Waals surface area contributed by atoms with E-state index in [9.17, 15) is 19.8 Å². The van der Waals surface area contributed by atoms with Crippen LogP contribution in [0.1, 0.15) is 20.7 Å². The summed E-state index contributed by atoms with van der Waals surface area (Å²) in [5.41, 5.74) is 1.84. The van der Waals surface area contributed by atoms with Gasteiger partial charge in [0.1, 0.15) is 0 Å². The van der Waals surface area contributed by atoms with Crippen LogP contribution in [0, 0.1) is 0 Å². The van der Waals surface area contributed by atoms with Gasteiger partial charge in [-0.3, -0.25) is 0 Å². The molecule has 0 saturated carbocycles. The number of hydrogen-bond acceptors (Lipinski definition) is 4. The van der Waals surface area contributed by atoms with Crippen molar-refractivity contribution in [2.75, 3.05) is 0 Å². The van der Waals surface area contributed by atoms with Crippen molar-refractivity contribution in [1.82, 2.24) is 9.97 Å². The average molecular weight is 390 g/mol. The molecular weight excluding hydrogens is 378 g/mol. The molecule has 0 fully saturated rings. The zero-order valence-corrected chi connectivity index (χ0v) is 19.4. The molecule has 0 saturated heterocycles. The minimum Gasteiger partial charge on any atom is -0.478 e. The van der Waals surface area contributed by atoms with E-state index in [1.165, 1.54) is 12.1 Å². The van der Waals surface area contributed by atoms with Crippen LogP contribution in [-0.4, -0.2) is 32.1 Å². The van der Waals surface area contributed by atoms with Gasteiger partial charge in [0.25, 0.3) is 0 Å². The van der Waals surface area contributed by atoms with Crippen LogP contribution in [0.4, 0.5) is 0 Å². The second-order valence-electron chi connectivity index (χ2n) is 5.75. The number of benzene rings is 2. The minimum absolute atomic E-state index is 0. The van der Waals surface area contributed by atoms with Gasteiger partial charge < -0.3 is 10.2 Å². The first-order valence-corrected chi connectivity index (χ1v) is 7.81. The maximum absolute atomic E-state index is 11.6. The van der Waals surface area contributed by atoms with Crippen molar-refractivity contribution >= 4 is 33.7 Å². The van der Waals surface area contributed by atoms with Crippen molar-refractivity contribution in [3.8, 4) is 11.4 Å². The maximum Gasteiger partial charge on any atom is 1.00 e. The number of aromatic nitrogens is 2. The van der Waals surface area contributed by atoms with E-state index < -0.39 is 11.9 Å². The van der Waals surface area contributed by atoms with E-state index in [1.54, 1.807) is 48.5 Å². The molecule has 4 aromatic rings. The zero-order valence-electron chi connectivity index (χ0n) is 15.4. The molecule has 0 spiro atoms. The minimum atomic E-state index is -1.08. The topological polar surface area (TPSA) is 100 Å². The Morgan fingerprint density at radius 2 is 1.00 bits per heavy atom. The summed E-state index contributed by atoms with van der Waals surface area (Å²) in [7, 11) is 0. The summed E-state index contributed by atoms with van der Waals surface area (Å²) in [5.74, 6) is -2.16. The predicted molar refractivity (Wildman–Crippen MR) is 96.4 cm³/mol. The smallest absolute Gasteiger partial charge is 0.478 e. The molecule has 2 N–H and O–H groups in total. The van der Waals surface area contributed by atoms with E-state index >= 15 is 0 Å². The number of nitrogens with zero attached hydrogens (tertiary/aromatic N) is 2. The maximum atomic E-state index is 11.6. The van der Waals surface area contributed by atoms with Crippen LogP contribution < -0.4 is 59.1 Å². The third kappa shape index (κ3) is 4.12. The molecule has 2 aromatic carbocycles. The average Bonchev–Trinajstić information content (AvgIpc) is 2.66. The fourth-order valence-electron chi connectivity index (χ4n) is 2.97. The summed E-state index contributed by atoms with van der Waals surface area (Å²) in [6.45, 7) is 0. The molecule has 6 nitrogen and oxygen atoms in total. The summed E-state index contributed by atoms with van der Waals surface area (Å²) in [6, 6.07) is 16.7. The van der Waals surface area contributed by atoms with Gasteiger partial charge in [0.05, 0.1) is 33.5 Å². The van der Waals surface area contributed by atoms with Crippen molar-refractivity contribution in [1.29, 1.82) is 0 Å². The number of aromatic carboxylic acids is 2. The van der Waals surface area contributed by atoms with E-state index in [4.69, 9.17) is 0 Å². The number of rotatable bonds is 3. The Hall–Kier alpha value is -1.80. The molecule has 0 radical (unpaired) electrons. The van der Waals surface area contributed by atoms with E-state index in [-0.39, 0.29) is 70.2 Å². The third-order valence-corrected chi connectivity index (χ3v) is 4.16. The second-order valence-corrected chi connectivity index (χ2v) is 5.75. The number of carboxylic acids is 2. The number of carbonyl (C=O) groups is 2. The van der Waals surface area contributed by atoms with Crippen LogP contribution in [0.5, 0.6) is 0 Å². The molecule has 0 unspecified atom stereocenters. The number of pyridine rings is 2. The van der Waals surface area contributed by atoms with Crippen LogP contribution in [0.2, 0.25) is 0 Å². The Morgan fingerprint density at radius 3 is 1.36 bits per heavy atom. The molecule has 8 heteroatoms. The Morgan fingerprint density at radius 1 is 0.643 bits per heavy atom. The van der Waals surface area contributed by atoms with Crippen molar-refractivity contribution in [3.63, 3.8) is 0 Å². The molecule has 126 valence electrons. The van der Waals surface area contributed by atoms with Gasteiger partial charge in [-0.15, -0.1) is 0 Å². The van der Waals surface area contributed by atoms with Gasteiger partial charge in [-0.2, -0.15) is 0 Å². The molecule has 0 aliphatic carbocycles. The summed E-state index contributed by atoms with van der Waals surface area (Å²) in [5, 5.41) is 20.1. The van der Waals surface area contributed by atoms with Gasteiger partial charge in [-0.25, -0.2) is 19.6 Å². The van der Waals surface area contributed by atoms with Crippen LogP contribution >= 0.6 is 0 Å². The quantitative estimate of drug-likeness (QED) is 0.387. The van der Waals surface area contributed by atoms with Gasteiger partial charge in [-0.05, 0) is 24.3 Å². The van der Waals surface area contributed by atoms with E-state index in [0.29, 0.717) is 33.2 Å². The molecule has 0 aliphatic heterocycles. The first-order chi connectivity index (χ1) is 12.5. The molecule has 0 aliphatic rings. The molecule has 4 rings (SSSR count). The van der Waals surface area contributed by atoms with Crippen molar-refractivity contribution < 1.29 is 78.9 Å². The molecule has 0 atom stereocenters. The largest absolute Gasteiger partial charge is 1.00 e. The van der Waals surface area contributed by atoms with Crippen molar-refractivity contribution in [3.05, 3.63) is 71.8 Å². The Labute approximate surface area is 204 Å². The van der Waals surface area contributed by atoms with Gasteiger partial charge in [0, 0.05) is 10.8 Å². The normalized spacial score (nSPS) is 10.1.